The quantitative estimate of drug-likeness (QED) is 0.119. The summed E-state index contributed by atoms with van der Waals surface area (Å²) in [7, 11) is 4.45. The molecule has 0 saturated carbocycles. The molecule has 12 nitrogen and oxygen atoms in total. The number of nitrogens with one attached hydrogen (secondary N) is 4. The SMILES string of the molecule is COc1ccc(C[C@H](NC(=O)Cc2cccc(Oc3ccccc3)c2)C(=O)N[C@H](C(=O)N[C@]2(Cc3ccccc3)CNC2=O)C(C)C)c(OC)c1OC. The summed E-state index contributed by atoms with van der Waals surface area (Å²) >= 11 is 0. The third kappa shape index (κ3) is 9.45. The Hall–Kier alpha value is -6.04. The average Bonchev–Trinajstić information content (AvgIpc) is 3.16. The lowest BCUT2D eigenvalue weighted by Gasteiger charge is -2.42. The molecule has 4 aromatic carbocycles. The van der Waals surface area contributed by atoms with Gasteiger partial charge in [-0.05, 0) is 47.4 Å². The van der Waals surface area contributed by atoms with Gasteiger partial charge in [-0.1, -0.05) is 80.6 Å². The van der Waals surface area contributed by atoms with Crippen LogP contribution in [0.1, 0.15) is 30.5 Å². The summed E-state index contributed by atoms with van der Waals surface area (Å²) in [6, 6.07) is 27.1. The highest BCUT2D eigenvalue weighted by Crippen LogP contribution is 2.40. The number of hydrogen-bond acceptors (Lipinski definition) is 8. The van der Waals surface area contributed by atoms with Crippen LogP contribution in [0.15, 0.2) is 97.1 Å². The van der Waals surface area contributed by atoms with Gasteiger partial charge < -0.3 is 40.2 Å². The van der Waals surface area contributed by atoms with Crippen LogP contribution in [0.2, 0.25) is 0 Å². The minimum Gasteiger partial charge on any atom is -0.493 e. The largest absolute Gasteiger partial charge is 0.493 e. The van der Waals surface area contributed by atoms with Crippen LogP contribution in [-0.4, -0.2) is 69.1 Å². The molecule has 0 aliphatic carbocycles. The van der Waals surface area contributed by atoms with Gasteiger partial charge in [0.15, 0.2) is 11.5 Å². The zero-order valence-electron chi connectivity index (χ0n) is 30.6. The van der Waals surface area contributed by atoms with E-state index >= 15 is 0 Å². The molecule has 3 atom stereocenters. The molecule has 4 N–H and O–H groups in total. The second-order valence-electron chi connectivity index (χ2n) is 13.2. The lowest BCUT2D eigenvalue weighted by atomic mass is 9.83. The van der Waals surface area contributed by atoms with E-state index in [1.165, 1.54) is 21.3 Å². The van der Waals surface area contributed by atoms with Gasteiger partial charge in [-0.25, -0.2) is 0 Å². The Bertz CT molecular complexity index is 1900. The molecular formula is C41H46N4O8. The van der Waals surface area contributed by atoms with Crippen LogP contribution in [-0.2, 0) is 38.4 Å². The zero-order chi connectivity index (χ0) is 38.0. The van der Waals surface area contributed by atoms with Gasteiger partial charge in [0.1, 0.15) is 29.1 Å². The van der Waals surface area contributed by atoms with Crippen molar-refractivity contribution in [2.24, 2.45) is 5.92 Å². The van der Waals surface area contributed by atoms with E-state index < -0.39 is 35.3 Å². The predicted octanol–water partition coefficient (Wildman–Crippen LogP) is 4.14. The van der Waals surface area contributed by atoms with Crippen molar-refractivity contribution in [1.82, 2.24) is 21.3 Å². The van der Waals surface area contributed by atoms with E-state index in [0.717, 1.165) is 5.56 Å². The summed E-state index contributed by atoms with van der Waals surface area (Å²) in [6.07, 6.45) is 0.231. The average molecular weight is 723 g/mol. The third-order valence-corrected chi connectivity index (χ3v) is 9.05. The Balaban J connectivity index is 1.37. The third-order valence-electron chi connectivity index (χ3n) is 9.05. The first kappa shape index (κ1) is 38.2. The van der Waals surface area contributed by atoms with Gasteiger partial charge in [-0.3, -0.25) is 19.2 Å². The van der Waals surface area contributed by atoms with Crippen molar-refractivity contribution >= 4 is 23.6 Å². The maximum atomic E-state index is 14.2. The lowest BCUT2D eigenvalue weighted by Crippen LogP contribution is -2.75. The maximum Gasteiger partial charge on any atom is 0.248 e. The summed E-state index contributed by atoms with van der Waals surface area (Å²) < 4.78 is 22.6. The van der Waals surface area contributed by atoms with Gasteiger partial charge in [0, 0.05) is 18.4 Å². The van der Waals surface area contributed by atoms with Gasteiger partial charge in [0.05, 0.1) is 34.3 Å². The van der Waals surface area contributed by atoms with Gasteiger partial charge in [-0.15, -0.1) is 0 Å². The maximum absolute atomic E-state index is 14.2. The van der Waals surface area contributed by atoms with Crippen molar-refractivity contribution in [3.8, 4) is 28.7 Å². The van der Waals surface area contributed by atoms with E-state index in [2.05, 4.69) is 21.3 Å². The van der Waals surface area contributed by atoms with Crippen LogP contribution >= 0.6 is 0 Å². The van der Waals surface area contributed by atoms with Gasteiger partial charge in [0.2, 0.25) is 29.4 Å². The molecule has 0 spiro atoms. The second-order valence-corrected chi connectivity index (χ2v) is 13.2. The first-order chi connectivity index (χ1) is 25.5. The van der Waals surface area contributed by atoms with E-state index in [1.807, 2.05) is 60.7 Å². The Labute approximate surface area is 309 Å². The highest BCUT2D eigenvalue weighted by Gasteiger charge is 2.48. The molecule has 0 unspecified atom stereocenters. The fourth-order valence-corrected chi connectivity index (χ4v) is 6.24. The molecular weight excluding hydrogens is 676 g/mol. The monoisotopic (exact) mass is 722 g/mol. The van der Waals surface area contributed by atoms with Crippen LogP contribution in [0.4, 0.5) is 0 Å². The van der Waals surface area contributed by atoms with Crippen molar-refractivity contribution in [2.45, 2.75) is 50.7 Å². The number of carbonyl (C=O) groups is 4. The van der Waals surface area contributed by atoms with E-state index in [0.29, 0.717) is 46.3 Å². The molecule has 53 heavy (non-hydrogen) atoms. The summed E-state index contributed by atoms with van der Waals surface area (Å²) in [6.45, 7) is 3.84. The minimum absolute atomic E-state index is 0.00889. The molecule has 0 aromatic heterocycles. The predicted molar refractivity (Wildman–Crippen MR) is 199 cm³/mol. The highest BCUT2D eigenvalue weighted by molar-refractivity contribution is 5.99. The minimum atomic E-state index is -1.16. The number of amides is 4. The molecule has 1 saturated heterocycles. The van der Waals surface area contributed by atoms with Gasteiger partial charge in [0.25, 0.3) is 0 Å². The van der Waals surface area contributed by atoms with Crippen molar-refractivity contribution < 1.29 is 38.1 Å². The first-order valence-electron chi connectivity index (χ1n) is 17.4. The molecule has 1 aliphatic heterocycles. The molecule has 12 heteroatoms. The second kappa shape index (κ2) is 17.5. The van der Waals surface area contributed by atoms with Crippen molar-refractivity contribution in [3.05, 3.63) is 114 Å². The first-order valence-corrected chi connectivity index (χ1v) is 17.4. The number of carbonyl (C=O) groups excluding carboxylic acids is 4. The number of β-lactam (4-membered cyclic amide) rings is 1. The number of para-hydroxylation sites is 1. The molecule has 1 aliphatic rings. The summed E-state index contributed by atoms with van der Waals surface area (Å²) in [5, 5.41) is 11.4. The zero-order valence-corrected chi connectivity index (χ0v) is 30.6. The molecule has 4 aromatic rings. The van der Waals surface area contributed by atoms with E-state index in [-0.39, 0.29) is 31.2 Å². The van der Waals surface area contributed by atoms with Crippen molar-refractivity contribution in [1.29, 1.82) is 0 Å². The normalized spacial score (nSPS) is 15.9. The Morgan fingerprint density at radius 1 is 0.755 bits per heavy atom. The van der Waals surface area contributed by atoms with E-state index in [4.69, 9.17) is 18.9 Å². The Morgan fingerprint density at radius 3 is 2.02 bits per heavy atom. The van der Waals surface area contributed by atoms with Crippen LogP contribution in [0, 0.1) is 5.92 Å². The van der Waals surface area contributed by atoms with Crippen LogP contribution in [0.5, 0.6) is 28.7 Å². The number of methoxy groups -OCH3 is 3. The number of benzene rings is 4. The van der Waals surface area contributed by atoms with Crippen LogP contribution < -0.4 is 40.2 Å². The standard InChI is InChI=1S/C41H46N4O8/c1-26(2)35(39(48)45-41(25-42-40(41)49)24-27-13-8-6-9-14-27)44-38(47)32(23-29-19-20-33(50-3)37(52-5)36(29)51-4)43-34(46)22-28-15-12-18-31(21-28)53-30-16-10-7-11-17-30/h6-21,26,32,35H,22-25H2,1-5H3,(H,42,49)(H,43,46)(H,44,47)(H,45,48)/t32-,35-,41+/m0/s1. The van der Waals surface area contributed by atoms with Crippen LogP contribution in [0.3, 0.4) is 0 Å². The summed E-state index contributed by atoms with van der Waals surface area (Å²) in [4.78, 5) is 54.6. The van der Waals surface area contributed by atoms with Crippen molar-refractivity contribution in [2.75, 3.05) is 27.9 Å². The highest BCUT2D eigenvalue weighted by atomic mass is 16.5. The Kier molecular flexibility index (Phi) is 12.6. The number of ether oxygens (including phenoxy) is 4. The fraction of sp³-hybridized carbons (Fsp3) is 0.317. The molecule has 4 amide bonds. The van der Waals surface area contributed by atoms with Crippen LogP contribution in [0.25, 0.3) is 0 Å². The molecule has 0 bridgehead atoms. The fourth-order valence-electron chi connectivity index (χ4n) is 6.24. The molecule has 1 fully saturated rings. The summed E-state index contributed by atoms with van der Waals surface area (Å²) in [5.41, 5.74) is 0.954. The smallest absolute Gasteiger partial charge is 0.248 e. The Morgan fingerprint density at radius 2 is 1.42 bits per heavy atom. The number of hydrogen-bond donors (Lipinski definition) is 4. The number of rotatable bonds is 17. The molecule has 0 radical (unpaired) electrons. The molecule has 278 valence electrons. The van der Waals surface area contributed by atoms with E-state index in [9.17, 15) is 19.2 Å². The van der Waals surface area contributed by atoms with E-state index in [1.54, 1.807) is 50.2 Å². The molecule has 1 heterocycles. The van der Waals surface area contributed by atoms with Gasteiger partial charge >= 0.3 is 0 Å². The van der Waals surface area contributed by atoms with Crippen molar-refractivity contribution in [3.63, 3.8) is 0 Å². The molecule has 5 rings (SSSR count). The van der Waals surface area contributed by atoms with Gasteiger partial charge in [-0.2, -0.15) is 0 Å². The topological polar surface area (TPSA) is 153 Å². The summed E-state index contributed by atoms with van der Waals surface area (Å²) in [5.74, 6) is 0.101. The lowest BCUT2D eigenvalue weighted by molar-refractivity contribution is -0.142.